The van der Waals surface area contributed by atoms with Gasteiger partial charge in [-0.3, -0.25) is 0 Å². The van der Waals surface area contributed by atoms with Crippen molar-refractivity contribution >= 4 is 0 Å². The molecule has 0 unspecified atom stereocenters. The third-order valence-corrected chi connectivity index (χ3v) is 5.48. The van der Waals surface area contributed by atoms with Gasteiger partial charge in [0.25, 0.3) is 0 Å². The summed E-state index contributed by atoms with van der Waals surface area (Å²) in [6, 6.07) is 0.924. The maximum absolute atomic E-state index is 2.90. The van der Waals surface area contributed by atoms with Gasteiger partial charge in [0, 0.05) is 6.04 Å². The first-order chi connectivity index (χ1) is 9.97. The van der Waals surface area contributed by atoms with Gasteiger partial charge in [0.2, 0.25) is 0 Å². The highest BCUT2D eigenvalue weighted by atomic mass is 15.1. The van der Waals surface area contributed by atoms with Gasteiger partial charge in [-0.05, 0) is 38.8 Å². The molecule has 2 rings (SSSR count). The summed E-state index contributed by atoms with van der Waals surface area (Å²) in [4.78, 5) is 2.90. The molecule has 2 aliphatic rings. The number of rotatable bonds is 1. The Morgan fingerprint density at radius 3 is 1.20 bits per heavy atom. The van der Waals surface area contributed by atoms with E-state index in [2.05, 4.69) is 4.90 Å². The van der Waals surface area contributed by atoms with Crippen LogP contribution in [0.5, 0.6) is 0 Å². The molecular weight excluding hydrogens is 242 g/mol. The fraction of sp³-hybridized carbons (Fsp3) is 1.00. The van der Waals surface area contributed by atoms with Crippen molar-refractivity contribution in [2.45, 2.75) is 109 Å². The monoisotopic (exact) mass is 279 g/mol. The molecule has 1 saturated carbocycles. The molecule has 0 N–H and O–H groups in total. The van der Waals surface area contributed by atoms with E-state index in [1.54, 1.807) is 0 Å². The molecule has 1 aliphatic carbocycles. The van der Waals surface area contributed by atoms with Gasteiger partial charge in [-0.15, -0.1) is 0 Å². The zero-order valence-corrected chi connectivity index (χ0v) is 13.8. The minimum absolute atomic E-state index is 0.924. The first kappa shape index (κ1) is 16.3. The highest BCUT2D eigenvalue weighted by Crippen LogP contribution is 2.22. The summed E-state index contributed by atoms with van der Waals surface area (Å²) in [7, 11) is 0. The summed E-state index contributed by atoms with van der Waals surface area (Å²) >= 11 is 0. The maximum atomic E-state index is 2.90. The van der Waals surface area contributed by atoms with Crippen molar-refractivity contribution in [1.82, 2.24) is 4.90 Å². The molecule has 20 heavy (non-hydrogen) atoms. The molecule has 2 fully saturated rings. The van der Waals surface area contributed by atoms with Gasteiger partial charge in [0.1, 0.15) is 0 Å². The lowest BCUT2D eigenvalue weighted by Gasteiger charge is -2.33. The number of nitrogens with zero attached hydrogens (tertiary/aromatic N) is 1. The van der Waals surface area contributed by atoms with Crippen molar-refractivity contribution in [2.75, 3.05) is 13.1 Å². The summed E-state index contributed by atoms with van der Waals surface area (Å²) in [6.07, 6.45) is 23.7. The summed E-state index contributed by atoms with van der Waals surface area (Å²) < 4.78 is 0. The Morgan fingerprint density at radius 2 is 0.750 bits per heavy atom. The van der Waals surface area contributed by atoms with Crippen LogP contribution >= 0.6 is 0 Å². The molecule has 0 aromatic carbocycles. The molecule has 0 bridgehead atoms. The molecule has 1 saturated heterocycles. The van der Waals surface area contributed by atoms with Gasteiger partial charge < -0.3 is 4.90 Å². The summed E-state index contributed by atoms with van der Waals surface area (Å²) in [5.41, 5.74) is 0. The smallest absolute Gasteiger partial charge is 0.00952 e. The van der Waals surface area contributed by atoms with Crippen LogP contribution in [-0.2, 0) is 0 Å². The minimum atomic E-state index is 0.924. The second-order valence-electron chi connectivity index (χ2n) is 7.22. The average Bonchev–Trinajstić information content (AvgIpc) is 2.50. The molecule has 118 valence electrons. The van der Waals surface area contributed by atoms with Crippen molar-refractivity contribution in [2.24, 2.45) is 0 Å². The van der Waals surface area contributed by atoms with E-state index in [4.69, 9.17) is 0 Å². The lowest BCUT2D eigenvalue weighted by molar-refractivity contribution is 0.159. The van der Waals surface area contributed by atoms with Crippen LogP contribution in [0.4, 0.5) is 0 Å². The van der Waals surface area contributed by atoms with Crippen LogP contribution in [0.15, 0.2) is 0 Å². The zero-order valence-electron chi connectivity index (χ0n) is 13.8. The van der Waals surface area contributed by atoms with Gasteiger partial charge >= 0.3 is 0 Å². The SMILES string of the molecule is C1CCCCC(N2CCCCCCCCC2)CCCC1. The Balaban J connectivity index is 1.81. The third kappa shape index (κ3) is 6.61. The average molecular weight is 280 g/mol. The van der Waals surface area contributed by atoms with Crippen molar-refractivity contribution in [1.29, 1.82) is 0 Å². The Kier molecular flexibility index (Phi) is 8.70. The van der Waals surface area contributed by atoms with E-state index in [0.29, 0.717) is 0 Å². The molecule has 0 aromatic heterocycles. The van der Waals surface area contributed by atoms with Crippen LogP contribution in [0.1, 0.15) is 103 Å². The van der Waals surface area contributed by atoms with E-state index in [-0.39, 0.29) is 0 Å². The van der Waals surface area contributed by atoms with E-state index < -0.39 is 0 Å². The third-order valence-electron chi connectivity index (χ3n) is 5.48. The molecule has 0 radical (unpaired) electrons. The van der Waals surface area contributed by atoms with Crippen molar-refractivity contribution < 1.29 is 0 Å². The first-order valence-corrected chi connectivity index (χ1v) is 9.71. The largest absolute Gasteiger partial charge is 0.300 e. The summed E-state index contributed by atoms with van der Waals surface area (Å²) in [5.74, 6) is 0. The predicted octanol–water partition coefficient (Wildman–Crippen LogP) is 5.93. The van der Waals surface area contributed by atoms with E-state index in [9.17, 15) is 0 Å². The maximum Gasteiger partial charge on any atom is 0.00952 e. The van der Waals surface area contributed by atoms with E-state index >= 15 is 0 Å². The van der Waals surface area contributed by atoms with Crippen LogP contribution in [0.2, 0.25) is 0 Å². The second-order valence-corrected chi connectivity index (χ2v) is 7.22. The fourth-order valence-electron chi connectivity index (χ4n) is 4.14. The van der Waals surface area contributed by atoms with E-state index in [1.807, 2.05) is 0 Å². The standard InChI is InChI=1S/C19H37N/c1-3-7-11-15-19(16-12-8-4-1)20-17-13-9-5-2-6-10-14-18-20/h19H,1-18H2. The van der Waals surface area contributed by atoms with Gasteiger partial charge in [-0.25, -0.2) is 0 Å². The van der Waals surface area contributed by atoms with Crippen LogP contribution < -0.4 is 0 Å². The number of hydrogen-bond donors (Lipinski definition) is 0. The van der Waals surface area contributed by atoms with E-state index in [1.165, 1.54) is 116 Å². The molecule has 0 aromatic rings. The Labute approximate surface area is 127 Å². The molecule has 0 amide bonds. The van der Waals surface area contributed by atoms with Crippen LogP contribution in [0, 0.1) is 0 Å². The van der Waals surface area contributed by atoms with Crippen molar-refractivity contribution in [3.8, 4) is 0 Å². The molecular formula is C19H37N. The second kappa shape index (κ2) is 10.7. The molecule has 1 nitrogen and oxygen atoms in total. The minimum Gasteiger partial charge on any atom is -0.300 e. The van der Waals surface area contributed by atoms with E-state index in [0.717, 1.165) is 6.04 Å². The molecule has 1 aliphatic heterocycles. The fourth-order valence-corrected chi connectivity index (χ4v) is 4.14. The first-order valence-electron chi connectivity index (χ1n) is 9.71. The Hall–Kier alpha value is -0.0400. The van der Waals surface area contributed by atoms with Crippen LogP contribution in [0.3, 0.4) is 0 Å². The van der Waals surface area contributed by atoms with Crippen molar-refractivity contribution in [3.63, 3.8) is 0 Å². The van der Waals surface area contributed by atoms with Gasteiger partial charge in [-0.1, -0.05) is 77.0 Å². The van der Waals surface area contributed by atoms with Gasteiger partial charge in [0.05, 0.1) is 0 Å². The highest BCUT2D eigenvalue weighted by Gasteiger charge is 2.18. The molecule has 1 heteroatoms. The van der Waals surface area contributed by atoms with Crippen LogP contribution in [0.25, 0.3) is 0 Å². The quantitative estimate of drug-likeness (QED) is 0.575. The zero-order chi connectivity index (χ0) is 13.9. The lowest BCUT2D eigenvalue weighted by Crippen LogP contribution is -2.37. The number of hydrogen-bond acceptors (Lipinski definition) is 1. The highest BCUT2D eigenvalue weighted by molar-refractivity contribution is 4.74. The lowest BCUT2D eigenvalue weighted by atomic mass is 9.95. The molecule has 0 atom stereocenters. The normalized spacial score (nSPS) is 27.0. The van der Waals surface area contributed by atoms with Crippen LogP contribution in [-0.4, -0.2) is 24.0 Å². The molecule has 0 spiro atoms. The molecule has 1 heterocycles. The van der Waals surface area contributed by atoms with Gasteiger partial charge in [0.15, 0.2) is 0 Å². The topological polar surface area (TPSA) is 3.24 Å². The Bertz CT molecular complexity index is 182. The van der Waals surface area contributed by atoms with Crippen molar-refractivity contribution in [3.05, 3.63) is 0 Å². The summed E-state index contributed by atoms with van der Waals surface area (Å²) in [5, 5.41) is 0. The van der Waals surface area contributed by atoms with Gasteiger partial charge in [-0.2, -0.15) is 0 Å². The Morgan fingerprint density at radius 1 is 0.400 bits per heavy atom. The summed E-state index contributed by atoms with van der Waals surface area (Å²) in [6.45, 7) is 2.79. The predicted molar refractivity (Wildman–Crippen MR) is 89.2 cm³/mol.